The van der Waals surface area contributed by atoms with Crippen molar-refractivity contribution in [2.75, 3.05) is 102 Å². The number of likely N-dealkylation sites (tertiary alicyclic amines) is 3. The van der Waals surface area contributed by atoms with Gasteiger partial charge in [-0.1, -0.05) is 0 Å². The van der Waals surface area contributed by atoms with E-state index in [1.807, 2.05) is 0 Å². The first-order valence-electron chi connectivity index (χ1n) is 11.5. The van der Waals surface area contributed by atoms with Gasteiger partial charge in [-0.05, 0) is 0 Å². The van der Waals surface area contributed by atoms with Gasteiger partial charge in [0.05, 0.1) is 60.4 Å². The van der Waals surface area contributed by atoms with Crippen LogP contribution in [-0.2, 0) is 17.2 Å². The van der Waals surface area contributed by atoms with Crippen molar-refractivity contribution in [3.05, 3.63) is 0 Å². The Bertz CT molecular complexity index is 450. The minimum atomic E-state index is -6.10. The van der Waals surface area contributed by atoms with Gasteiger partial charge in [-0.25, -0.2) is 0 Å². The van der Waals surface area contributed by atoms with Crippen molar-refractivity contribution in [2.24, 2.45) is 0 Å². The molecule has 0 bridgehead atoms. The van der Waals surface area contributed by atoms with E-state index < -0.39 is 20.1 Å². The van der Waals surface area contributed by atoms with E-state index in [-0.39, 0.29) is 0 Å². The van der Waals surface area contributed by atoms with Gasteiger partial charge in [0.2, 0.25) is 0 Å². The van der Waals surface area contributed by atoms with Crippen LogP contribution >= 0.6 is 0 Å². The second kappa shape index (κ2) is 16.0. The number of nitrogens with zero attached hydrogens (tertiary/aromatic N) is 3. The van der Waals surface area contributed by atoms with Crippen LogP contribution in [0, 0.1) is 0 Å². The van der Waals surface area contributed by atoms with Gasteiger partial charge in [-0.2, -0.15) is 0 Å². The summed E-state index contributed by atoms with van der Waals surface area (Å²) in [7, 11) is 12.1. The van der Waals surface area contributed by atoms with E-state index in [9.17, 15) is 0 Å². The van der Waals surface area contributed by atoms with E-state index in [0.717, 1.165) is 33.6 Å². The molecule has 10 nitrogen and oxygen atoms in total. The van der Waals surface area contributed by atoms with Crippen molar-refractivity contribution < 1.29 is 40.8 Å². The van der Waals surface area contributed by atoms with Gasteiger partial charge < -0.3 is 27.7 Å². The van der Waals surface area contributed by atoms with Crippen molar-refractivity contribution in [3.63, 3.8) is 0 Å². The Kier molecular flexibility index (Phi) is 16.2. The molecule has 3 saturated heterocycles. The van der Waals surface area contributed by atoms with E-state index in [1.54, 1.807) is 21.3 Å². The first kappa shape index (κ1) is 32.3. The van der Waals surface area contributed by atoms with Crippen LogP contribution < -0.4 is 10.2 Å². The molecule has 3 aliphatic rings. The molecule has 0 unspecified atom stereocenters. The van der Waals surface area contributed by atoms with Gasteiger partial charge in [0.1, 0.15) is 0 Å². The third-order valence-electron chi connectivity index (χ3n) is 6.26. The zero-order valence-corrected chi connectivity index (χ0v) is 23.8. The molecule has 0 amide bonds. The van der Waals surface area contributed by atoms with Crippen molar-refractivity contribution in [2.45, 2.75) is 38.5 Å². The monoisotopic (exact) mass is 575 g/mol. The second-order valence-corrected chi connectivity index (χ2v) is 12.6. The summed E-state index contributed by atoms with van der Waals surface area (Å²) in [6.07, 6.45) is 8.25. The molecule has 3 heterocycles. The third-order valence-corrected chi connectivity index (χ3v) is 6.26. The van der Waals surface area contributed by atoms with E-state index in [4.69, 9.17) is 27.4 Å². The first-order chi connectivity index (χ1) is 14.8. The number of rotatable bonds is 6. The fourth-order valence-corrected chi connectivity index (χ4v) is 4.62. The van der Waals surface area contributed by atoms with Gasteiger partial charge in [0.25, 0.3) is 0 Å². The quantitative estimate of drug-likeness (QED) is 0.277. The molecule has 3 aliphatic heterocycles. The molecule has 0 N–H and O–H groups in total. The Balaban J connectivity index is 0.000000410. The molecular formula is C21H48N3O7Sb. The Hall–Kier alpha value is 0.258. The van der Waals surface area contributed by atoms with Crippen LogP contribution in [0.3, 0.4) is 0 Å². The topological polar surface area (TPSA) is 114 Å². The Morgan fingerprint density at radius 2 is 0.719 bits per heavy atom. The number of hydrogen-bond acceptors (Lipinski definition) is 7. The molecule has 3 fully saturated rings. The molecule has 0 atom stereocenters. The van der Waals surface area contributed by atoms with Crippen LogP contribution in [-0.4, -0.2) is 135 Å². The Morgan fingerprint density at radius 1 is 0.562 bits per heavy atom. The molecule has 0 aromatic carbocycles. The summed E-state index contributed by atoms with van der Waals surface area (Å²) in [4.78, 5) is 0. The van der Waals surface area contributed by atoms with Gasteiger partial charge in [0.15, 0.2) is 20.2 Å². The van der Waals surface area contributed by atoms with E-state index in [2.05, 4.69) is 21.1 Å². The van der Waals surface area contributed by atoms with Crippen molar-refractivity contribution >= 4 is 20.1 Å². The first-order valence-corrected chi connectivity index (χ1v) is 15.7. The second-order valence-electron chi connectivity index (χ2n) is 10.0. The van der Waals surface area contributed by atoms with Gasteiger partial charge >= 0.3 is 33.2 Å². The molecule has 0 aliphatic carbocycles. The van der Waals surface area contributed by atoms with Crippen LogP contribution in [0.5, 0.6) is 0 Å². The summed E-state index contributed by atoms with van der Waals surface area (Å²) >= 11 is -6.10. The SMILES string of the molecule is COC[N+]1(C)CCCC1.COC[N+]1(C)CCCC1.COC[N+]1(C)CCCC1.[O]=[Sb]([O-])([O-])[O-]. The summed E-state index contributed by atoms with van der Waals surface area (Å²) in [5, 5.41) is 0. The molecule has 0 saturated carbocycles. The van der Waals surface area contributed by atoms with Gasteiger partial charge in [-0.3, -0.25) is 0 Å². The van der Waals surface area contributed by atoms with Gasteiger partial charge in [0, 0.05) is 59.9 Å². The molecule has 11 heteroatoms. The molecule has 3 rings (SSSR count). The van der Waals surface area contributed by atoms with Crippen LogP contribution in [0.15, 0.2) is 0 Å². The summed E-state index contributed by atoms with van der Waals surface area (Å²) in [5.74, 6) is 0. The Labute approximate surface area is 201 Å². The van der Waals surface area contributed by atoms with Crippen molar-refractivity contribution in [3.8, 4) is 0 Å². The van der Waals surface area contributed by atoms with E-state index in [0.29, 0.717) is 0 Å². The fourth-order valence-electron chi connectivity index (χ4n) is 4.62. The predicted octanol–water partition coefficient (Wildman–Crippen LogP) is -1.57. The maximum atomic E-state index is 8.64. The minimum absolute atomic E-state index is 0.889. The molecule has 194 valence electrons. The number of quaternary nitrogens is 3. The molecule has 0 radical (unpaired) electrons. The number of methoxy groups -OCH3 is 3. The number of hydrogen-bond donors (Lipinski definition) is 0. The van der Waals surface area contributed by atoms with E-state index >= 15 is 0 Å². The summed E-state index contributed by atoms with van der Waals surface area (Å²) < 4.78 is 53.2. The zero-order chi connectivity index (χ0) is 24.7. The molecular weight excluding hydrogens is 528 g/mol. The van der Waals surface area contributed by atoms with Crippen LogP contribution in [0.4, 0.5) is 0 Å². The zero-order valence-electron chi connectivity index (χ0n) is 21.3. The van der Waals surface area contributed by atoms with Crippen molar-refractivity contribution in [1.29, 1.82) is 0 Å². The Morgan fingerprint density at radius 3 is 0.844 bits per heavy atom. The molecule has 0 spiro atoms. The summed E-state index contributed by atoms with van der Waals surface area (Å²) in [6.45, 7) is 10.5. The molecule has 0 aromatic heterocycles. The van der Waals surface area contributed by atoms with Gasteiger partial charge in [-0.15, -0.1) is 0 Å². The summed E-state index contributed by atoms with van der Waals surface area (Å²) in [6, 6.07) is 0. The van der Waals surface area contributed by atoms with Crippen LogP contribution in [0.2, 0.25) is 0 Å². The average Bonchev–Trinajstić information content (AvgIpc) is 3.39. The standard InChI is InChI=1S/3C7H16NO.4O.Sb/c3*1-8(7-9-2)5-3-4-6-8;;;;;/h3*3-7H2,1-2H3;;;;;/q3*+1;;3*-1;. The molecule has 0 aromatic rings. The average molecular weight is 576 g/mol. The predicted molar refractivity (Wildman–Crippen MR) is 118 cm³/mol. The van der Waals surface area contributed by atoms with Crippen LogP contribution in [0.1, 0.15) is 38.5 Å². The fraction of sp³-hybridized carbons (Fsp3) is 1.00. The van der Waals surface area contributed by atoms with Crippen molar-refractivity contribution in [1.82, 2.24) is 0 Å². The molecule has 32 heavy (non-hydrogen) atoms. The normalized spacial score (nSPS) is 22.7. The third kappa shape index (κ3) is 16.8. The summed E-state index contributed by atoms with van der Waals surface area (Å²) in [5.41, 5.74) is 0. The van der Waals surface area contributed by atoms with E-state index in [1.165, 1.54) is 77.8 Å². The maximum absolute atomic E-state index is 8.64. The number of ether oxygens (including phenoxy) is 3. The van der Waals surface area contributed by atoms with Crippen LogP contribution in [0.25, 0.3) is 0 Å².